The normalized spacial score (nSPS) is 11.8. The van der Waals surface area contributed by atoms with Gasteiger partial charge in [-0.15, -0.1) is 11.8 Å². The Morgan fingerprint density at radius 3 is 2.58 bits per heavy atom. The van der Waals surface area contributed by atoms with Gasteiger partial charge in [0, 0.05) is 28.2 Å². The summed E-state index contributed by atoms with van der Waals surface area (Å²) in [4.78, 5) is 24.0. The summed E-state index contributed by atoms with van der Waals surface area (Å²) in [6.45, 7) is 7.66. The highest BCUT2D eigenvalue weighted by Crippen LogP contribution is 2.22. The number of ether oxygens (including phenoxy) is 3. The predicted molar refractivity (Wildman–Crippen MR) is 104 cm³/mol. The fraction of sp³-hybridized carbons (Fsp3) is 0.474. The topological polar surface area (TPSA) is 61.8 Å². The molecule has 0 aliphatic rings. The molecule has 0 aliphatic heterocycles. The lowest BCUT2D eigenvalue weighted by Gasteiger charge is -2.19. The third-order valence-electron chi connectivity index (χ3n) is 3.10. The molecule has 0 radical (unpaired) electrons. The van der Waals surface area contributed by atoms with Crippen LogP contribution in [0.2, 0.25) is 5.02 Å². The summed E-state index contributed by atoms with van der Waals surface area (Å²) in [5, 5.41) is 0.678. The Kier molecular flexibility index (Phi) is 11.1. The van der Waals surface area contributed by atoms with Crippen molar-refractivity contribution in [1.29, 1.82) is 0 Å². The number of hydrogen-bond acceptors (Lipinski definition) is 6. The summed E-state index contributed by atoms with van der Waals surface area (Å²) in [6, 6.07) is 7.48. The molecule has 1 aromatic rings. The van der Waals surface area contributed by atoms with E-state index in [1.54, 1.807) is 11.8 Å². The second kappa shape index (κ2) is 12.8. The summed E-state index contributed by atoms with van der Waals surface area (Å²) >= 11 is 7.45. The number of thioether (sulfide) groups is 1. The van der Waals surface area contributed by atoms with Gasteiger partial charge in [0.1, 0.15) is 6.10 Å². The minimum atomic E-state index is -0.499. The first kappa shape index (κ1) is 22.5. The fourth-order valence-electron chi connectivity index (χ4n) is 1.83. The van der Waals surface area contributed by atoms with E-state index < -0.39 is 5.97 Å². The van der Waals surface area contributed by atoms with Gasteiger partial charge in [-0.1, -0.05) is 18.2 Å². The molecule has 0 saturated carbocycles. The van der Waals surface area contributed by atoms with E-state index in [4.69, 9.17) is 25.8 Å². The number of rotatable bonds is 12. The van der Waals surface area contributed by atoms with Crippen LogP contribution in [0.1, 0.15) is 26.7 Å². The Balaban J connectivity index is 2.43. The Labute approximate surface area is 164 Å². The predicted octanol–water partition coefficient (Wildman–Crippen LogP) is 4.28. The van der Waals surface area contributed by atoms with Crippen LogP contribution in [0, 0.1) is 0 Å². The molecule has 1 unspecified atom stereocenters. The average molecular weight is 401 g/mol. The number of carbonyl (C=O) groups excluding carboxylic acids is 2. The van der Waals surface area contributed by atoms with Crippen LogP contribution in [-0.2, 0) is 23.8 Å². The van der Waals surface area contributed by atoms with E-state index in [0.717, 1.165) is 11.0 Å². The first-order chi connectivity index (χ1) is 12.4. The molecule has 0 heterocycles. The van der Waals surface area contributed by atoms with Crippen molar-refractivity contribution in [3.8, 4) is 0 Å². The zero-order chi connectivity index (χ0) is 19.4. The van der Waals surface area contributed by atoms with Crippen LogP contribution < -0.4 is 0 Å². The van der Waals surface area contributed by atoms with Crippen LogP contribution in [0.25, 0.3) is 0 Å². The van der Waals surface area contributed by atoms with Crippen molar-refractivity contribution in [1.82, 2.24) is 0 Å². The molecular weight excluding hydrogens is 376 g/mol. The van der Waals surface area contributed by atoms with Crippen molar-refractivity contribution < 1.29 is 23.8 Å². The van der Waals surface area contributed by atoms with Gasteiger partial charge in [0.25, 0.3) is 0 Å². The quantitative estimate of drug-likeness (QED) is 0.226. The smallest absolute Gasteiger partial charge is 0.330 e. The van der Waals surface area contributed by atoms with Crippen LogP contribution in [0.4, 0.5) is 0 Å². The van der Waals surface area contributed by atoms with Crippen molar-refractivity contribution in [2.75, 3.05) is 19.0 Å². The lowest BCUT2D eigenvalue weighted by Crippen LogP contribution is -2.27. The largest absolute Gasteiger partial charge is 0.463 e. The van der Waals surface area contributed by atoms with Crippen LogP contribution in [0.3, 0.4) is 0 Å². The number of hydrogen-bond donors (Lipinski definition) is 0. The third-order valence-corrected chi connectivity index (χ3v) is 4.50. The molecule has 0 bridgehead atoms. The highest BCUT2D eigenvalue weighted by Gasteiger charge is 2.16. The molecule has 144 valence electrons. The van der Waals surface area contributed by atoms with E-state index in [0.29, 0.717) is 23.8 Å². The van der Waals surface area contributed by atoms with Gasteiger partial charge in [-0.3, -0.25) is 4.79 Å². The van der Waals surface area contributed by atoms with Crippen LogP contribution in [-0.4, -0.2) is 43.1 Å². The molecule has 0 N–H and O–H groups in total. The monoisotopic (exact) mass is 400 g/mol. The summed E-state index contributed by atoms with van der Waals surface area (Å²) < 4.78 is 15.9. The standard InChI is InChI=1S/C19H25ClO5S/c1-4-18(21)23-11-5-6-19(22)25-16(12-24-14(2)3)13-26-17-9-7-15(20)8-10-17/h4,7-10,14,16H,1,5-6,11-13H2,2-3H3. The molecule has 0 spiro atoms. The van der Waals surface area contributed by atoms with E-state index in [1.807, 2.05) is 38.1 Å². The molecular formula is C19H25ClO5S. The lowest BCUT2D eigenvalue weighted by atomic mass is 10.3. The van der Waals surface area contributed by atoms with Gasteiger partial charge < -0.3 is 14.2 Å². The third kappa shape index (κ3) is 10.5. The summed E-state index contributed by atoms with van der Waals surface area (Å²) in [5.41, 5.74) is 0. The van der Waals surface area contributed by atoms with E-state index in [-0.39, 0.29) is 31.2 Å². The van der Waals surface area contributed by atoms with Gasteiger partial charge in [-0.05, 0) is 44.5 Å². The van der Waals surface area contributed by atoms with Crippen LogP contribution in [0.15, 0.2) is 41.8 Å². The molecule has 1 atom stereocenters. The highest BCUT2D eigenvalue weighted by atomic mass is 35.5. The van der Waals surface area contributed by atoms with Gasteiger partial charge in [0.15, 0.2) is 0 Å². The van der Waals surface area contributed by atoms with Crippen LogP contribution in [0.5, 0.6) is 0 Å². The lowest BCUT2D eigenvalue weighted by molar-refractivity contribution is -0.152. The first-order valence-electron chi connectivity index (χ1n) is 8.39. The van der Waals surface area contributed by atoms with Gasteiger partial charge >= 0.3 is 11.9 Å². The highest BCUT2D eigenvalue weighted by molar-refractivity contribution is 7.99. The first-order valence-corrected chi connectivity index (χ1v) is 9.75. The van der Waals surface area contributed by atoms with Gasteiger partial charge in [-0.2, -0.15) is 0 Å². The molecule has 1 rings (SSSR count). The summed E-state index contributed by atoms with van der Waals surface area (Å²) in [7, 11) is 0. The molecule has 1 aromatic carbocycles. The maximum atomic E-state index is 12.0. The average Bonchev–Trinajstić information content (AvgIpc) is 2.62. The molecule has 0 aliphatic carbocycles. The Hall–Kier alpha value is -1.50. The van der Waals surface area contributed by atoms with Gasteiger partial charge in [0.2, 0.25) is 0 Å². The number of halogens is 1. The molecule has 0 saturated heterocycles. The van der Waals surface area contributed by atoms with Crippen molar-refractivity contribution >= 4 is 35.3 Å². The number of esters is 2. The van der Waals surface area contributed by atoms with Gasteiger partial charge in [-0.25, -0.2) is 4.79 Å². The van der Waals surface area contributed by atoms with Gasteiger partial charge in [0.05, 0.1) is 19.3 Å². The van der Waals surface area contributed by atoms with Crippen molar-refractivity contribution in [3.63, 3.8) is 0 Å². The van der Waals surface area contributed by atoms with Crippen molar-refractivity contribution in [2.45, 2.75) is 43.8 Å². The zero-order valence-corrected chi connectivity index (χ0v) is 16.7. The zero-order valence-electron chi connectivity index (χ0n) is 15.1. The Morgan fingerprint density at radius 2 is 1.96 bits per heavy atom. The Bertz CT molecular complexity index is 574. The second-order valence-electron chi connectivity index (χ2n) is 5.73. The molecule has 26 heavy (non-hydrogen) atoms. The molecule has 7 heteroatoms. The SMILES string of the molecule is C=CC(=O)OCCCC(=O)OC(COC(C)C)CSc1ccc(Cl)cc1. The summed E-state index contributed by atoms with van der Waals surface area (Å²) in [6.07, 6.45) is 1.36. The molecule has 0 fully saturated rings. The molecule has 0 amide bonds. The van der Waals surface area contributed by atoms with E-state index in [2.05, 4.69) is 6.58 Å². The number of carbonyl (C=O) groups is 2. The van der Waals surface area contributed by atoms with E-state index in [1.165, 1.54) is 0 Å². The van der Waals surface area contributed by atoms with E-state index in [9.17, 15) is 9.59 Å². The maximum absolute atomic E-state index is 12.0. The van der Waals surface area contributed by atoms with Crippen LogP contribution >= 0.6 is 23.4 Å². The minimum Gasteiger partial charge on any atom is -0.463 e. The van der Waals surface area contributed by atoms with Crippen molar-refractivity contribution in [2.24, 2.45) is 0 Å². The maximum Gasteiger partial charge on any atom is 0.330 e. The minimum absolute atomic E-state index is 0.0510. The molecule has 5 nitrogen and oxygen atoms in total. The second-order valence-corrected chi connectivity index (χ2v) is 7.26. The number of benzene rings is 1. The summed E-state index contributed by atoms with van der Waals surface area (Å²) in [5.74, 6) is -0.263. The molecule has 0 aromatic heterocycles. The fourth-order valence-corrected chi connectivity index (χ4v) is 2.83. The Morgan fingerprint density at radius 1 is 1.27 bits per heavy atom. The van der Waals surface area contributed by atoms with Crippen molar-refractivity contribution in [3.05, 3.63) is 41.9 Å². The van der Waals surface area contributed by atoms with E-state index >= 15 is 0 Å².